The van der Waals surface area contributed by atoms with E-state index in [0.29, 0.717) is 12.5 Å². The van der Waals surface area contributed by atoms with Gasteiger partial charge in [-0.3, -0.25) is 0 Å². The van der Waals surface area contributed by atoms with E-state index >= 15 is 0 Å². The first-order valence-corrected chi connectivity index (χ1v) is 7.96. The molecule has 0 radical (unpaired) electrons. The second-order valence-electron chi connectivity index (χ2n) is 6.93. The van der Waals surface area contributed by atoms with E-state index in [2.05, 4.69) is 4.98 Å². The van der Waals surface area contributed by atoms with Crippen molar-refractivity contribution in [2.75, 3.05) is 0 Å². The summed E-state index contributed by atoms with van der Waals surface area (Å²) in [5.41, 5.74) is 0.948. The molecule has 0 saturated carbocycles. The van der Waals surface area contributed by atoms with Gasteiger partial charge < -0.3 is 14.0 Å². The molecule has 2 heterocycles. The molecule has 1 aromatic carbocycles. The van der Waals surface area contributed by atoms with Gasteiger partial charge in [0.05, 0.1) is 11.2 Å². The van der Waals surface area contributed by atoms with Crippen LogP contribution in [0.4, 0.5) is 4.39 Å². The summed E-state index contributed by atoms with van der Waals surface area (Å²) in [5.74, 6) is 0.214. The lowest BCUT2D eigenvalue weighted by atomic mass is 9.80. The molecule has 24 heavy (non-hydrogen) atoms. The van der Waals surface area contributed by atoms with Gasteiger partial charge in [0.25, 0.3) is 0 Å². The van der Waals surface area contributed by atoms with Crippen LogP contribution >= 0.6 is 0 Å². The Balaban J connectivity index is 1.70. The van der Waals surface area contributed by atoms with Crippen LogP contribution in [0.2, 0.25) is 0 Å². The van der Waals surface area contributed by atoms with Crippen molar-refractivity contribution in [3.05, 3.63) is 54.0 Å². The summed E-state index contributed by atoms with van der Waals surface area (Å²) in [5, 5.41) is 0. The second kappa shape index (κ2) is 6.18. The van der Waals surface area contributed by atoms with Gasteiger partial charge >= 0.3 is 7.12 Å². The number of rotatable bonds is 4. The zero-order valence-electron chi connectivity index (χ0n) is 14.4. The molecule has 0 unspecified atom stereocenters. The van der Waals surface area contributed by atoms with Gasteiger partial charge in [-0.1, -0.05) is 12.1 Å². The van der Waals surface area contributed by atoms with Crippen LogP contribution in [0.15, 0.2) is 42.6 Å². The molecule has 1 aliphatic heterocycles. The fourth-order valence-electron chi connectivity index (χ4n) is 2.37. The van der Waals surface area contributed by atoms with E-state index < -0.39 is 18.3 Å². The zero-order valence-corrected chi connectivity index (χ0v) is 14.4. The van der Waals surface area contributed by atoms with Gasteiger partial charge in [0, 0.05) is 12.3 Å². The number of aromatic nitrogens is 1. The first-order valence-electron chi connectivity index (χ1n) is 7.96. The van der Waals surface area contributed by atoms with Crippen LogP contribution < -0.4 is 10.2 Å². The summed E-state index contributed by atoms with van der Waals surface area (Å²) in [6.45, 7) is 8.38. The first-order chi connectivity index (χ1) is 11.3. The molecule has 3 rings (SSSR count). The van der Waals surface area contributed by atoms with Crippen molar-refractivity contribution in [1.29, 1.82) is 0 Å². The maximum Gasteiger partial charge on any atom is 0.495 e. The molecule has 0 aliphatic carbocycles. The van der Waals surface area contributed by atoms with E-state index in [1.807, 2.05) is 39.8 Å². The number of pyridine rings is 1. The maximum atomic E-state index is 12.9. The Hall–Kier alpha value is -1.92. The third-order valence-electron chi connectivity index (χ3n) is 4.58. The van der Waals surface area contributed by atoms with E-state index in [4.69, 9.17) is 14.0 Å². The van der Waals surface area contributed by atoms with E-state index in [1.54, 1.807) is 18.3 Å². The monoisotopic (exact) mass is 329 g/mol. The Bertz CT molecular complexity index is 702. The molecule has 6 heteroatoms. The van der Waals surface area contributed by atoms with Crippen molar-refractivity contribution in [1.82, 2.24) is 4.98 Å². The van der Waals surface area contributed by atoms with Crippen LogP contribution in [-0.4, -0.2) is 23.3 Å². The summed E-state index contributed by atoms with van der Waals surface area (Å²) in [6, 6.07) is 9.86. The molecule has 2 aromatic rings. The minimum absolute atomic E-state index is 0.264. The Morgan fingerprint density at radius 2 is 1.67 bits per heavy atom. The number of benzene rings is 1. The standard InChI is InChI=1S/C18H21BFNO3/c1-17(2)18(3,4)24-19(23-17)14-9-10-21-16(11-14)22-12-13-5-7-15(20)8-6-13/h5-11H,12H2,1-4H3. The van der Waals surface area contributed by atoms with Gasteiger partial charge in [-0.05, 0) is 56.9 Å². The topological polar surface area (TPSA) is 40.6 Å². The highest BCUT2D eigenvalue weighted by Crippen LogP contribution is 2.36. The highest BCUT2D eigenvalue weighted by atomic mass is 19.1. The van der Waals surface area contributed by atoms with Gasteiger partial charge in [-0.2, -0.15) is 0 Å². The van der Waals surface area contributed by atoms with Gasteiger partial charge in [0.15, 0.2) is 0 Å². The molecule has 0 bridgehead atoms. The van der Waals surface area contributed by atoms with Crippen LogP contribution in [0.5, 0.6) is 5.88 Å². The average Bonchev–Trinajstić information content (AvgIpc) is 2.75. The molecule has 0 atom stereocenters. The Morgan fingerprint density at radius 1 is 1.04 bits per heavy atom. The summed E-state index contributed by atoms with van der Waals surface area (Å²) in [7, 11) is -0.453. The van der Waals surface area contributed by atoms with Crippen LogP contribution in [0.3, 0.4) is 0 Å². The van der Waals surface area contributed by atoms with Crippen molar-refractivity contribution in [3.63, 3.8) is 0 Å². The first kappa shape index (κ1) is 16.9. The second-order valence-corrected chi connectivity index (χ2v) is 6.93. The van der Waals surface area contributed by atoms with Gasteiger partial charge in [0.1, 0.15) is 12.4 Å². The summed E-state index contributed by atoms with van der Waals surface area (Å²) in [4.78, 5) is 4.21. The van der Waals surface area contributed by atoms with E-state index in [1.165, 1.54) is 12.1 Å². The average molecular weight is 329 g/mol. The molecule has 4 nitrogen and oxygen atoms in total. The molecular formula is C18H21BFNO3. The van der Waals surface area contributed by atoms with Crippen molar-refractivity contribution in [3.8, 4) is 5.88 Å². The normalized spacial score (nSPS) is 18.6. The van der Waals surface area contributed by atoms with E-state index in [-0.39, 0.29) is 5.82 Å². The lowest BCUT2D eigenvalue weighted by Crippen LogP contribution is -2.41. The number of hydrogen-bond donors (Lipinski definition) is 0. The predicted molar refractivity (Wildman–Crippen MR) is 90.7 cm³/mol. The van der Waals surface area contributed by atoms with Crippen LogP contribution in [0.25, 0.3) is 0 Å². The highest BCUT2D eigenvalue weighted by molar-refractivity contribution is 6.62. The number of nitrogens with zero attached hydrogens (tertiary/aromatic N) is 1. The number of ether oxygens (including phenoxy) is 1. The quantitative estimate of drug-likeness (QED) is 0.808. The number of hydrogen-bond acceptors (Lipinski definition) is 4. The third-order valence-corrected chi connectivity index (χ3v) is 4.58. The summed E-state index contributed by atoms with van der Waals surface area (Å²) < 4.78 is 30.7. The van der Waals surface area contributed by atoms with Crippen molar-refractivity contribution in [2.24, 2.45) is 0 Å². The van der Waals surface area contributed by atoms with Crippen LogP contribution in [-0.2, 0) is 15.9 Å². The summed E-state index contributed by atoms with van der Waals surface area (Å²) >= 11 is 0. The predicted octanol–water partition coefficient (Wildman–Crippen LogP) is 3.10. The largest absolute Gasteiger partial charge is 0.495 e. The van der Waals surface area contributed by atoms with Crippen molar-refractivity contribution < 1.29 is 18.4 Å². The van der Waals surface area contributed by atoms with Gasteiger partial charge in [-0.25, -0.2) is 9.37 Å². The SMILES string of the molecule is CC1(C)OB(c2ccnc(OCc3ccc(F)cc3)c2)OC1(C)C. The lowest BCUT2D eigenvalue weighted by Gasteiger charge is -2.32. The summed E-state index contributed by atoms with van der Waals surface area (Å²) in [6.07, 6.45) is 1.67. The molecule has 1 saturated heterocycles. The Labute approximate surface area is 142 Å². The minimum Gasteiger partial charge on any atom is -0.473 e. The molecule has 1 aliphatic rings. The fraction of sp³-hybridized carbons (Fsp3) is 0.389. The molecular weight excluding hydrogens is 308 g/mol. The molecule has 0 N–H and O–H groups in total. The van der Waals surface area contributed by atoms with Crippen LogP contribution in [0, 0.1) is 5.82 Å². The zero-order chi connectivity index (χ0) is 17.4. The third kappa shape index (κ3) is 3.44. The van der Waals surface area contributed by atoms with Gasteiger partial charge in [-0.15, -0.1) is 0 Å². The minimum atomic E-state index is -0.453. The molecule has 1 fully saturated rings. The fourth-order valence-corrected chi connectivity index (χ4v) is 2.37. The number of halogens is 1. The smallest absolute Gasteiger partial charge is 0.473 e. The van der Waals surface area contributed by atoms with E-state index in [0.717, 1.165) is 11.0 Å². The molecule has 0 amide bonds. The molecule has 1 aromatic heterocycles. The van der Waals surface area contributed by atoms with Crippen molar-refractivity contribution >= 4 is 12.6 Å². The van der Waals surface area contributed by atoms with E-state index in [9.17, 15) is 4.39 Å². The Morgan fingerprint density at radius 3 is 2.29 bits per heavy atom. The molecule has 126 valence electrons. The Kier molecular flexibility index (Phi) is 4.36. The molecule has 0 spiro atoms. The van der Waals surface area contributed by atoms with Gasteiger partial charge in [0.2, 0.25) is 5.88 Å². The highest BCUT2D eigenvalue weighted by Gasteiger charge is 2.51. The van der Waals surface area contributed by atoms with Crippen LogP contribution in [0.1, 0.15) is 33.3 Å². The maximum absolute atomic E-state index is 12.9. The van der Waals surface area contributed by atoms with Crippen molar-refractivity contribution in [2.45, 2.75) is 45.5 Å². The lowest BCUT2D eigenvalue weighted by molar-refractivity contribution is 0.00578.